The van der Waals surface area contributed by atoms with Gasteiger partial charge in [0.1, 0.15) is 5.75 Å². The van der Waals surface area contributed by atoms with Gasteiger partial charge >= 0.3 is 0 Å². The van der Waals surface area contributed by atoms with Crippen molar-refractivity contribution in [1.29, 1.82) is 0 Å². The van der Waals surface area contributed by atoms with E-state index in [-0.39, 0.29) is 11.0 Å². The van der Waals surface area contributed by atoms with Gasteiger partial charge in [0.2, 0.25) is 0 Å². The Kier molecular flexibility index (Phi) is 6.07. The summed E-state index contributed by atoms with van der Waals surface area (Å²) in [5.41, 5.74) is 2.60. The minimum atomic E-state index is -0.255. The quantitative estimate of drug-likeness (QED) is 0.803. The van der Waals surface area contributed by atoms with Crippen molar-refractivity contribution in [1.82, 2.24) is 5.32 Å². The van der Waals surface area contributed by atoms with Crippen molar-refractivity contribution >= 4 is 34.6 Å². The highest BCUT2D eigenvalue weighted by Crippen LogP contribution is 2.21. The number of carbonyl (C=O) groups excluding carboxylic acids is 1. The number of anilines is 2. The highest BCUT2D eigenvalue weighted by atomic mass is 32.1. The van der Waals surface area contributed by atoms with Crippen molar-refractivity contribution in [3.63, 3.8) is 0 Å². The van der Waals surface area contributed by atoms with E-state index in [9.17, 15) is 4.79 Å². The number of thiocarbonyl (C=S) groups is 1. The Hall–Kier alpha value is -2.60. The molecule has 0 saturated carbocycles. The number of hydrogen-bond donors (Lipinski definition) is 2. The van der Waals surface area contributed by atoms with Crippen molar-refractivity contribution in [3.05, 3.63) is 54.1 Å². The average Bonchev–Trinajstić information content (AvgIpc) is 2.69. The van der Waals surface area contributed by atoms with E-state index < -0.39 is 0 Å². The first-order chi connectivity index (χ1) is 12.7. The van der Waals surface area contributed by atoms with Gasteiger partial charge in [-0.2, -0.15) is 0 Å². The third-order valence-electron chi connectivity index (χ3n) is 4.43. The third-order valence-corrected chi connectivity index (χ3v) is 4.63. The lowest BCUT2D eigenvalue weighted by atomic mass is 10.1. The zero-order valence-electron chi connectivity index (χ0n) is 14.8. The molecule has 0 spiro atoms. The highest BCUT2D eigenvalue weighted by Gasteiger charge is 2.11. The Bertz CT molecular complexity index is 754. The van der Waals surface area contributed by atoms with E-state index in [0.717, 1.165) is 18.8 Å². The lowest BCUT2D eigenvalue weighted by Crippen LogP contribution is -2.34. The van der Waals surface area contributed by atoms with Gasteiger partial charge in [0, 0.05) is 30.0 Å². The van der Waals surface area contributed by atoms with Gasteiger partial charge in [-0.1, -0.05) is 0 Å². The molecule has 1 amide bonds. The molecule has 3 rings (SSSR count). The number of methoxy groups -OCH3 is 1. The molecule has 1 fully saturated rings. The molecule has 26 heavy (non-hydrogen) atoms. The first-order valence-corrected chi connectivity index (χ1v) is 9.18. The molecular formula is C20H23N3O2S. The van der Waals surface area contributed by atoms with Crippen molar-refractivity contribution in [2.24, 2.45) is 0 Å². The smallest absolute Gasteiger partial charge is 0.257 e. The molecule has 136 valence electrons. The monoisotopic (exact) mass is 369 g/mol. The van der Waals surface area contributed by atoms with E-state index in [1.807, 2.05) is 12.1 Å². The van der Waals surface area contributed by atoms with E-state index in [1.54, 1.807) is 31.4 Å². The average molecular weight is 369 g/mol. The molecule has 0 bridgehead atoms. The van der Waals surface area contributed by atoms with Crippen LogP contribution in [0.5, 0.6) is 5.75 Å². The standard InChI is InChI=1S/C20H23N3O2S/c1-25-18-11-5-15(6-12-18)19(24)22-20(26)21-16-7-9-17(10-8-16)23-13-3-2-4-14-23/h5-12H,2-4,13-14H2,1H3,(H2,21,22,24,26). The van der Waals surface area contributed by atoms with Crippen LogP contribution in [-0.4, -0.2) is 31.2 Å². The summed E-state index contributed by atoms with van der Waals surface area (Å²) in [6.07, 6.45) is 3.82. The van der Waals surface area contributed by atoms with E-state index in [0.29, 0.717) is 11.3 Å². The summed E-state index contributed by atoms with van der Waals surface area (Å²) in [5, 5.41) is 6.02. The Morgan fingerprint density at radius 2 is 1.65 bits per heavy atom. The molecule has 0 unspecified atom stereocenters. The fourth-order valence-electron chi connectivity index (χ4n) is 2.99. The molecule has 1 heterocycles. The van der Waals surface area contributed by atoms with Gasteiger partial charge in [-0.3, -0.25) is 10.1 Å². The topological polar surface area (TPSA) is 53.6 Å². The Balaban J connectivity index is 1.54. The van der Waals surface area contributed by atoms with Crippen LogP contribution in [0.4, 0.5) is 11.4 Å². The summed E-state index contributed by atoms with van der Waals surface area (Å²) in [7, 11) is 1.59. The SMILES string of the molecule is COc1ccc(C(=O)NC(=S)Nc2ccc(N3CCCCC3)cc2)cc1. The van der Waals surface area contributed by atoms with E-state index in [2.05, 4.69) is 27.7 Å². The molecular weight excluding hydrogens is 346 g/mol. The van der Waals surface area contributed by atoms with Crippen molar-refractivity contribution < 1.29 is 9.53 Å². The van der Waals surface area contributed by atoms with Crippen LogP contribution in [0.25, 0.3) is 0 Å². The second-order valence-corrected chi connectivity index (χ2v) is 6.64. The van der Waals surface area contributed by atoms with Gasteiger partial charge in [-0.05, 0) is 80.0 Å². The fraction of sp³-hybridized carbons (Fsp3) is 0.300. The molecule has 0 atom stereocenters. The predicted molar refractivity (Wildman–Crippen MR) is 109 cm³/mol. The van der Waals surface area contributed by atoms with Crippen LogP contribution in [0, 0.1) is 0 Å². The van der Waals surface area contributed by atoms with E-state index in [1.165, 1.54) is 24.9 Å². The molecule has 5 nitrogen and oxygen atoms in total. The Morgan fingerprint density at radius 3 is 2.27 bits per heavy atom. The molecule has 0 aromatic heterocycles. The summed E-state index contributed by atoms with van der Waals surface area (Å²) in [5.74, 6) is 0.450. The molecule has 2 aromatic rings. The first kappa shape index (κ1) is 18.2. The Labute approximate surface area is 159 Å². The lowest BCUT2D eigenvalue weighted by molar-refractivity contribution is 0.0977. The molecule has 1 aliphatic rings. The second-order valence-electron chi connectivity index (χ2n) is 6.23. The number of nitrogens with one attached hydrogen (secondary N) is 2. The summed E-state index contributed by atoms with van der Waals surface area (Å²) < 4.78 is 5.09. The van der Waals surface area contributed by atoms with E-state index >= 15 is 0 Å². The molecule has 0 aliphatic carbocycles. The largest absolute Gasteiger partial charge is 0.497 e. The lowest BCUT2D eigenvalue weighted by Gasteiger charge is -2.28. The number of hydrogen-bond acceptors (Lipinski definition) is 4. The maximum Gasteiger partial charge on any atom is 0.257 e. The van der Waals surface area contributed by atoms with Gasteiger partial charge in [-0.15, -0.1) is 0 Å². The normalized spacial score (nSPS) is 13.8. The van der Waals surface area contributed by atoms with Crippen LogP contribution < -0.4 is 20.3 Å². The number of rotatable bonds is 4. The number of benzene rings is 2. The van der Waals surface area contributed by atoms with Crippen molar-refractivity contribution in [2.45, 2.75) is 19.3 Å². The van der Waals surface area contributed by atoms with Gasteiger partial charge < -0.3 is 15.0 Å². The van der Waals surface area contributed by atoms with Crippen LogP contribution in [0.2, 0.25) is 0 Å². The molecule has 0 radical (unpaired) electrons. The van der Waals surface area contributed by atoms with Crippen LogP contribution in [-0.2, 0) is 0 Å². The maximum atomic E-state index is 12.2. The number of piperidine rings is 1. The Morgan fingerprint density at radius 1 is 1.00 bits per heavy atom. The van der Waals surface area contributed by atoms with Crippen molar-refractivity contribution in [3.8, 4) is 5.75 Å². The number of ether oxygens (including phenoxy) is 1. The van der Waals surface area contributed by atoms with Crippen LogP contribution in [0.15, 0.2) is 48.5 Å². The van der Waals surface area contributed by atoms with Gasteiger partial charge in [0.05, 0.1) is 7.11 Å². The van der Waals surface area contributed by atoms with Crippen LogP contribution in [0.3, 0.4) is 0 Å². The summed E-state index contributed by atoms with van der Waals surface area (Å²) in [6.45, 7) is 2.23. The molecule has 1 aliphatic heterocycles. The number of carbonyl (C=O) groups is 1. The molecule has 1 saturated heterocycles. The zero-order chi connectivity index (χ0) is 18.4. The van der Waals surface area contributed by atoms with Crippen molar-refractivity contribution in [2.75, 3.05) is 30.4 Å². The summed E-state index contributed by atoms with van der Waals surface area (Å²) in [6, 6.07) is 15.0. The van der Waals surface area contributed by atoms with Gasteiger partial charge in [0.15, 0.2) is 5.11 Å². The minimum Gasteiger partial charge on any atom is -0.497 e. The van der Waals surface area contributed by atoms with Gasteiger partial charge in [-0.25, -0.2) is 0 Å². The highest BCUT2D eigenvalue weighted by molar-refractivity contribution is 7.80. The fourth-order valence-corrected chi connectivity index (χ4v) is 3.20. The van der Waals surface area contributed by atoms with Crippen LogP contribution in [0.1, 0.15) is 29.6 Å². The molecule has 2 N–H and O–H groups in total. The predicted octanol–water partition coefficient (Wildman–Crippen LogP) is 3.81. The van der Waals surface area contributed by atoms with E-state index in [4.69, 9.17) is 17.0 Å². The molecule has 2 aromatic carbocycles. The zero-order valence-corrected chi connectivity index (χ0v) is 15.6. The summed E-state index contributed by atoms with van der Waals surface area (Å²) in [4.78, 5) is 14.6. The number of amides is 1. The molecule has 6 heteroatoms. The second kappa shape index (κ2) is 8.67. The third kappa shape index (κ3) is 4.73. The van der Waals surface area contributed by atoms with Gasteiger partial charge in [0.25, 0.3) is 5.91 Å². The maximum absolute atomic E-state index is 12.2. The number of nitrogens with zero attached hydrogens (tertiary/aromatic N) is 1. The minimum absolute atomic E-state index is 0.255. The summed E-state index contributed by atoms with van der Waals surface area (Å²) >= 11 is 5.24. The first-order valence-electron chi connectivity index (χ1n) is 8.77. The van der Waals surface area contributed by atoms with Crippen LogP contribution >= 0.6 is 12.2 Å².